The van der Waals surface area contributed by atoms with Crippen molar-refractivity contribution in [2.75, 3.05) is 0 Å². The minimum Gasteiger partial charge on any atom is -0.344 e. The van der Waals surface area contributed by atoms with Crippen LogP contribution in [0.5, 0.6) is 0 Å². The maximum absolute atomic E-state index is 6.46. The van der Waals surface area contributed by atoms with Crippen LogP contribution in [0.25, 0.3) is 0 Å². The number of ether oxygens (including phenoxy) is 2. The SMILES string of the molecule is CCCCC/C=C\C/C=C\CCCCC.CCCCC/C=C\C/C=C\CCCCCCCCC1(CCCC)OC2CCCC2O1. The van der Waals surface area contributed by atoms with Crippen molar-refractivity contribution in [2.24, 2.45) is 0 Å². The Morgan fingerprint density at radius 3 is 1.20 bits per heavy atom. The van der Waals surface area contributed by atoms with Gasteiger partial charge in [0.25, 0.3) is 0 Å². The van der Waals surface area contributed by atoms with E-state index in [0.29, 0.717) is 12.2 Å². The molecule has 2 unspecified atom stereocenters. The van der Waals surface area contributed by atoms with Crippen LogP contribution in [0.1, 0.15) is 207 Å². The molecule has 0 aromatic rings. The summed E-state index contributed by atoms with van der Waals surface area (Å²) in [5.41, 5.74) is 0. The fourth-order valence-corrected chi connectivity index (χ4v) is 6.46. The molecule has 0 amide bonds. The molecular weight excluding hydrogens is 548 g/mol. The summed E-state index contributed by atoms with van der Waals surface area (Å²) in [6.07, 6.45) is 55.2. The predicted octanol–water partition coefficient (Wildman–Crippen LogP) is 14.7. The normalized spacial score (nSPS) is 21.5. The van der Waals surface area contributed by atoms with Gasteiger partial charge in [-0.25, -0.2) is 0 Å². The Morgan fingerprint density at radius 2 is 0.778 bits per heavy atom. The maximum atomic E-state index is 6.46. The van der Waals surface area contributed by atoms with Crippen LogP contribution in [-0.4, -0.2) is 18.0 Å². The number of hydrogen-bond donors (Lipinski definition) is 0. The molecule has 1 aliphatic carbocycles. The summed E-state index contributed by atoms with van der Waals surface area (Å²) in [6, 6.07) is 0. The second-order valence-electron chi connectivity index (χ2n) is 13.8. The highest BCUT2D eigenvalue weighted by Crippen LogP contribution is 2.43. The fourth-order valence-electron chi connectivity index (χ4n) is 6.46. The molecule has 2 aliphatic rings. The first-order valence-electron chi connectivity index (χ1n) is 20.2. The van der Waals surface area contributed by atoms with Crippen molar-refractivity contribution in [2.45, 2.75) is 225 Å². The lowest BCUT2D eigenvalue weighted by Gasteiger charge is -2.29. The van der Waals surface area contributed by atoms with Crippen LogP contribution >= 0.6 is 0 Å². The molecule has 2 nitrogen and oxygen atoms in total. The van der Waals surface area contributed by atoms with Crippen LogP contribution in [0, 0.1) is 0 Å². The van der Waals surface area contributed by atoms with Crippen LogP contribution in [0.3, 0.4) is 0 Å². The lowest BCUT2D eigenvalue weighted by molar-refractivity contribution is -0.190. The smallest absolute Gasteiger partial charge is 0.169 e. The van der Waals surface area contributed by atoms with E-state index in [4.69, 9.17) is 9.47 Å². The van der Waals surface area contributed by atoms with Gasteiger partial charge in [0, 0.05) is 12.8 Å². The monoisotopic (exact) mass is 627 g/mol. The second kappa shape index (κ2) is 31.5. The third-order valence-electron chi connectivity index (χ3n) is 9.35. The predicted molar refractivity (Wildman–Crippen MR) is 201 cm³/mol. The zero-order valence-corrected chi connectivity index (χ0v) is 30.9. The molecule has 0 spiro atoms. The second-order valence-corrected chi connectivity index (χ2v) is 13.8. The quantitative estimate of drug-likeness (QED) is 0.0635. The van der Waals surface area contributed by atoms with Crippen molar-refractivity contribution in [1.29, 1.82) is 0 Å². The average molecular weight is 627 g/mol. The Hall–Kier alpha value is -1.12. The number of rotatable bonds is 28. The molecule has 45 heavy (non-hydrogen) atoms. The van der Waals surface area contributed by atoms with Gasteiger partial charge in [0.05, 0.1) is 12.2 Å². The largest absolute Gasteiger partial charge is 0.344 e. The van der Waals surface area contributed by atoms with Crippen molar-refractivity contribution < 1.29 is 9.47 Å². The Balaban J connectivity index is 0.000000570. The molecule has 262 valence electrons. The number of hydrogen-bond acceptors (Lipinski definition) is 2. The minimum atomic E-state index is -0.235. The van der Waals surface area contributed by atoms with Gasteiger partial charge in [0.2, 0.25) is 0 Å². The highest BCUT2D eigenvalue weighted by molar-refractivity contribution is 4.94. The molecule has 2 heteroatoms. The van der Waals surface area contributed by atoms with E-state index in [1.54, 1.807) is 0 Å². The van der Waals surface area contributed by atoms with Gasteiger partial charge in [-0.3, -0.25) is 0 Å². The molecule has 0 bridgehead atoms. The zero-order chi connectivity index (χ0) is 32.5. The molecule has 0 radical (unpaired) electrons. The van der Waals surface area contributed by atoms with E-state index in [9.17, 15) is 0 Å². The molecule has 2 rings (SSSR count). The van der Waals surface area contributed by atoms with Gasteiger partial charge < -0.3 is 9.47 Å². The van der Waals surface area contributed by atoms with E-state index in [2.05, 4.69) is 76.3 Å². The molecule has 0 aromatic carbocycles. The van der Waals surface area contributed by atoms with Crippen molar-refractivity contribution >= 4 is 0 Å². The molecule has 0 N–H and O–H groups in total. The van der Waals surface area contributed by atoms with E-state index in [-0.39, 0.29) is 5.79 Å². The summed E-state index contributed by atoms with van der Waals surface area (Å²) in [6.45, 7) is 9.04. The highest BCUT2D eigenvalue weighted by Gasteiger charge is 2.48. The lowest BCUT2D eigenvalue weighted by atomic mass is 10.00. The Morgan fingerprint density at radius 1 is 0.422 bits per heavy atom. The maximum Gasteiger partial charge on any atom is 0.169 e. The van der Waals surface area contributed by atoms with Gasteiger partial charge in [-0.2, -0.15) is 0 Å². The first-order chi connectivity index (χ1) is 22.2. The Labute approximate surface area is 283 Å². The van der Waals surface area contributed by atoms with Crippen molar-refractivity contribution in [3.05, 3.63) is 48.6 Å². The van der Waals surface area contributed by atoms with Crippen LogP contribution in [0.15, 0.2) is 48.6 Å². The van der Waals surface area contributed by atoms with E-state index in [0.717, 1.165) is 25.7 Å². The van der Waals surface area contributed by atoms with Gasteiger partial charge >= 0.3 is 0 Å². The molecule has 1 saturated carbocycles. The van der Waals surface area contributed by atoms with E-state index < -0.39 is 0 Å². The topological polar surface area (TPSA) is 18.5 Å². The summed E-state index contributed by atoms with van der Waals surface area (Å²) >= 11 is 0. The van der Waals surface area contributed by atoms with Crippen LogP contribution in [-0.2, 0) is 9.47 Å². The van der Waals surface area contributed by atoms with E-state index >= 15 is 0 Å². The van der Waals surface area contributed by atoms with Crippen LogP contribution < -0.4 is 0 Å². The van der Waals surface area contributed by atoms with Crippen molar-refractivity contribution in [1.82, 2.24) is 0 Å². The molecule has 1 saturated heterocycles. The van der Waals surface area contributed by atoms with Gasteiger partial charge in [0.15, 0.2) is 5.79 Å². The molecule has 2 atom stereocenters. The summed E-state index contributed by atoms with van der Waals surface area (Å²) in [5, 5.41) is 0. The summed E-state index contributed by atoms with van der Waals surface area (Å²) in [7, 11) is 0. The van der Waals surface area contributed by atoms with Gasteiger partial charge in [0.1, 0.15) is 0 Å². The Kier molecular flexibility index (Phi) is 29.3. The third kappa shape index (κ3) is 23.8. The summed E-state index contributed by atoms with van der Waals surface area (Å²) < 4.78 is 12.9. The van der Waals surface area contributed by atoms with Gasteiger partial charge in [-0.1, -0.05) is 147 Å². The summed E-state index contributed by atoms with van der Waals surface area (Å²) in [4.78, 5) is 0. The highest BCUT2D eigenvalue weighted by atomic mass is 16.8. The zero-order valence-electron chi connectivity index (χ0n) is 30.9. The first-order valence-corrected chi connectivity index (χ1v) is 20.2. The molecule has 1 aliphatic heterocycles. The van der Waals surface area contributed by atoms with Crippen LogP contribution in [0.4, 0.5) is 0 Å². The average Bonchev–Trinajstić information content (AvgIpc) is 3.63. The van der Waals surface area contributed by atoms with Gasteiger partial charge in [-0.15, -0.1) is 0 Å². The first kappa shape index (κ1) is 41.9. The number of allylic oxidation sites excluding steroid dienone is 8. The van der Waals surface area contributed by atoms with E-state index in [1.807, 2.05) is 0 Å². The fraction of sp³-hybridized carbons (Fsp3) is 0.814. The standard InChI is InChI=1S/C28H50O2.C15H28/c1-3-5-7-8-9-10-11-12-13-14-15-16-17-18-19-20-25-28(24-6-4-2)29-26-22-21-23-27(26)30-28;1-3-5-7-9-11-13-15-14-12-10-8-6-4-2/h9-10,12-13,26-27H,3-8,11,14-25H2,1-2H3;11-14H,3-10,15H2,1-2H3/b10-9-,13-12-;13-11-,14-12-. The molecular formula is C43H78O2. The van der Waals surface area contributed by atoms with Crippen molar-refractivity contribution in [3.63, 3.8) is 0 Å². The molecule has 2 fully saturated rings. The molecule has 0 aromatic heterocycles. The van der Waals surface area contributed by atoms with Crippen molar-refractivity contribution in [3.8, 4) is 0 Å². The third-order valence-corrected chi connectivity index (χ3v) is 9.35. The lowest BCUT2D eigenvalue weighted by Crippen LogP contribution is -2.31. The summed E-state index contributed by atoms with van der Waals surface area (Å²) in [5.74, 6) is -0.235. The van der Waals surface area contributed by atoms with E-state index in [1.165, 1.54) is 154 Å². The van der Waals surface area contributed by atoms with Crippen LogP contribution in [0.2, 0.25) is 0 Å². The minimum absolute atomic E-state index is 0.235. The van der Waals surface area contributed by atoms with Gasteiger partial charge in [-0.05, 0) is 96.3 Å². The Bertz CT molecular complexity index is 702. The molecule has 1 heterocycles. The number of fused-ring (bicyclic) bond motifs is 1. The number of unbranched alkanes of at least 4 members (excludes halogenated alkanes) is 16.